The van der Waals surface area contributed by atoms with E-state index >= 15 is 0 Å². The summed E-state index contributed by atoms with van der Waals surface area (Å²) in [7, 11) is 0. The van der Waals surface area contributed by atoms with E-state index in [0.717, 1.165) is 22.5 Å². The van der Waals surface area contributed by atoms with E-state index in [2.05, 4.69) is 21.2 Å². The largest absolute Gasteiger partial charge is 0.396 e. The van der Waals surface area contributed by atoms with Gasteiger partial charge < -0.3 is 10.4 Å². The van der Waals surface area contributed by atoms with Crippen LogP contribution in [-0.4, -0.2) is 17.8 Å². The molecule has 2 unspecified atom stereocenters. The third kappa shape index (κ3) is 3.44. The number of aliphatic hydroxyl groups excluding tert-OH is 1. The van der Waals surface area contributed by atoms with Gasteiger partial charge in [-0.05, 0) is 52.4 Å². The molecule has 1 aromatic rings. The molecule has 0 heterocycles. The quantitative estimate of drug-likeness (QED) is 0.892. The summed E-state index contributed by atoms with van der Waals surface area (Å²) in [6, 6.07) is 6.43. The normalized spacial score (nSPS) is 24.2. The summed E-state index contributed by atoms with van der Waals surface area (Å²) < 4.78 is 0.934. The van der Waals surface area contributed by atoms with Gasteiger partial charge in [0.1, 0.15) is 0 Å². The molecule has 17 heavy (non-hydrogen) atoms. The molecule has 0 aliphatic heterocycles. The van der Waals surface area contributed by atoms with Gasteiger partial charge in [0.2, 0.25) is 0 Å². The molecular weight excluding hydrogens is 302 g/mol. The Bertz CT molecular complexity index is 386. The highest BCUT2D eigenvalue weighted by Crippen LogP contribution is 2.26. The fourth-order valence-corrected chi connectivity index (χ4v) is 2.97. The predicted octanol–water partition coefficient (Wildman–Crippen LogP) is 3.35. The summed E-state index contributed by atoms with van der Waals surface area (Å²) >= 11 is 9.38. The average Bonchev–Trinajstić information content (AvgIpc) is 2.78. The monoisotopic (exact) mass is 317 g/mol. The molecule has 2 N–H and O–H groups in total. The molecule has 1 saturated carbocycles. The molecule has 1 aliphatic rings. The lowest BCUT2D eigenvalue weighted by atomic mass is 10.0. The second-order valence-corrected chi connectivity index (χ2v) is 5.87. The first-order valence-electron chi connectivity index (χ1n) is 5.99. The Morgan fingerprint density at radius 1 is 1.41 bits per heavy atom. The third-order valence-electron chi connectivity index (χ3n) is 3.45. The maximum atomic E-state index is 9.25. The van der Waals surface area contributed by atoms with E-state index in [9.17, 15) is 5.11 Å². The van der Waals surface area contributed by atoms with Gasteiger partial charge in [-0.15, -0.1) is 0 Å². The molecule has 0 spiro atoms. The van der Waals surface area contributed by atoms with Crippen LogP contribution < -0.4 is 5.32 Å². The van der Waals surface area contributed by atoms with Crippen LogP contribution in [0, 0.1) is 5.92 Å². The first kappa shape index (κ1) is 13.3. The summed E-state index contributed by atoms with van der Waals surface area (Å²) in [6.07, 6.45) is 3.52. The van der Waals surface area contributed by atoms with E-state index in [1.54, 1.807) is 0 Å². The molecule has 0 bridgehead atoms. The topological polar surface area (TPSA) is 32.3 Å². The second kappa shape index (κ2) is 6.19. The molecule has 2 atom stereocenters. The highest BCUT2D eigenvalue weighted by atomic mass is 79.9. The molecule has 0 saturated heterocycles. The van der Waals surface area contributed by atoms with Crippen LogP contribution in [0.5, 0.6) is 0 Å². The van der Waals surface area contributed by atoms with Crippen molar-refractivity contribution in [1.29, 1.82) is 0 Å². The zero-order valence-corrected chi connectivity index (χ0v) is 12.0. The van der Waals surface area contributed by atoms with Crippen LogP contribution in [0.25, 0.3) is 0 Å². The molecule has 1 fully saturated rings. The van der Waals surface area contributed by atoms with Crippen LogP contribution in [0.2, 0.25) is 5.02 Å². The van der Waals surface area contributed by atoms with Crippen molar-refractivity contribution in [3.05, 3.63) is 33.3 Å². The van der Waals surface area contributed by atoms with Crippen LogP contribution in [0.4, 0.5) is 0 Å². The van der Waals surface area contributed by atoms with Crippen molar-refractivity contribution in [2.24, 2.45) is 5.92 Å². The Morgan fingerprint density at radius 3 is 2.94 bits per heavy atom. The number of rotatable bonds is 4. The lowest BCUT2D eigenvalue weighted by Crippen LogP contribution is -2.33. The van der Waals surface area contributed by atoms with E-state index in [4.69, 9.17) is 11.6 Å². The first-order chi connectivity index (χ1) is 8.20. The Kier molecular flexibility index (Phi) is 4.86. The van der Waals surface area contributed by atoms with Gasteiger partial charge in [0.15, 0.2) is 0 Å². The Balaban J connectivity index is 1.91. The minimum Gasteiger partial charge on any atom is -0.396 e. The van der Waals surface area contributed by atoms with Crippen molar-refractivity contribution >= 4 is 27.5 Å². The zero-order chi connectivity index (χ0) is 12.3. The van der Waals surface area contributed by atoms with Crippen molar-refractivity contribution in [3.63, 3.8) is 0 Å². The number of aliphatic hydroxyl groups is 1. The average molecular weight is 319 g/mol. The molecule has 0 aromatic heterocycles. The van der Waals surface area contributed by atoms with E-state index < -0.39 is 0 Å². The first-order valence-corrected chi connectivity index (χ1v) is 7.16. The molecule has 2 rings (SSSR count). The van der Waals surface area contributed by atoms with Crippen molar-refractivity contribution in [2.45, 2.75) is 31.8 Å². The molecule has 0 radical (unpaired) electrons. The van der Waals surface area contributed by atoms with Crippen LogP contribution in [0.3, 0.4) is 0 Å². The predicted molar refractivity (Wildman–Crippen MR) is 74.2 cm³/mol. The Morgan fingerprint density at radius 2 is 2.24 bits per heavy atom. The number of benzene rings is 1. The van der Waals surface area contributed by atoms with Gasteiger partial charge in [-0.2, -0.15) is 0 Å². The van der Waals surface area contributed by atoms with Gasteiger partial charge in [-0.25, -0.2) is 0 Å². The summed E-state index contributed by atoms with van der Waals surface area (Å²) in [4.78, 5) is 0. The molecule has 0 amide bonds. The van der Waals surface area contributed by atoms with E-state index in [1.807, 2.05) is 18.2 Å². The summed E-state index contributed by atoms with van der Waals surface area (Å²) in [5.41, 5.74) is 1.21. The zero-order valence-electron chi connectivity index (χ0n) is 9.63. The van der Waals surface area contributed by atoms with Crippen molar-refractivity contribution < 1.29 is 5.11 Å². The van der Waals surface area contributed by atoms with Gasteiger partial charge in [-0.3, -0.25) is 0 Å². The molecule has 1 aliphatic carbocycles. The van der Waals surface area contributed by atoms with Crippen LogP contribution >= 0.6 is 27.5 Å². The maximum Gasteiger partial charge on any atom is 0.0548 e. The highest BCUT2D eigenvalue weighted by molar-refractivity contribution is 9.10. The van der Waals surface area contributed by atoms with Crippen molar-refractivity contribution in [1.82, 2.24) is 5.32 Å². The fourth-order valence-electron chi connectivity index (χ4n) is 2.42. The van der Waals surface area contributed by atoms with Crippen LogP contribution in [-0.2, 0) is 6.54 Å². The fraction of sp³-hybridized carbons (Fsp3) is 0.538. The van der Waals surface area contributed by atoms with Gasteiger partial charge >= 0.3 is 0 Å². The van der Waals surface area contributed by atoms with Crippen LogP contribution in [0.15, 0.2) is 22.7 Å². The van der Waals surface area contributed by atoms with E-state index in [0.29, 0.717) is 18.6 Å². The lowest BCUT2D eigenvalue weighted by Gasteiger charge is -2.19. The Labute approximate surface area is 115 Å². The minimum absolute atomic E-state index is 0.294. The number of hydrogen-bond acceptors (Lipinski definition) is 2. The molecule has 2 nitrogen and oxygen atoms in total. The van der Waals surface area contributed by atoms with Gasteiger partial charge in [0.05, 0.1) is 5.02 Å². The van der Waals surface area contributed by atoms with Crippen molar-refractivity contribution in [2.75, 3.05) is 6.61 Å². The van der Waals surface area contributed by atoms with Crippen LogP contribution in [0.1, 0.15) is 24.8 Å². The third-order valence-corrected chi connectivity index (χ3v) is 4.66. The lowest BCUT2D eigenvalue weighted by molar-refractivity contribution is 0.205. The van der Waals surface area contributed by atoms with Gasteiger partial charge in [-0.1, -0.05) is 24.1 Å². The minimum atomic E-state index is 0.294. The maximum absolute atomic E-state index is 9.25. The molecule has 4 heteroatoms. The second-order valence-electron chi connectivity index (χ2n) is 4.61. The highest BCUT2D eigenvalue weighted by Gasteiger charge is 2.25. The molecule has 1 aromatic carbocycles. The number of halogens is 2. The SMILES string of the molecule is OCC1CCCC1NCc1ccc(Cl)c(Br)c1. The van der Waals surface area contributed by atoms with Gasteiger partial charge in [0, 0.05) is 23.7 Å². The summed E-state index contributed by atoms with van der Waals surface area (Å²) in [5, 5.41) is 13.5. The molecular formula is C13H17BrClNO. The Hall–Kier alpha value is -0.0900. The summed E-state index contributed by atoms with van der Waals surface area (Å²) in [5.74, 6) is 0.422. The smallest absolute Gasteiger partial charge is 0.0548 e. The summed E-state index contributed by atoms with van der Waals surface area (Å²) in [6.45, 7) is 1.12. The van der Waals surface area contributed by atoms with E-state index in [-0.39, 0.29) is 0 Å². The number of hydrogen-bond donors (Lipinski definition) is 2. The number of nitrogens with one attached hydrogen (secondary N) is 1. The van der Waals surface area contributed by atoms with E-state index in [1.165, 1.54) is 18.4 Å². The molecule has 94 valence electrons. The van der Waals surface area contributed by atoms with Gasteiger partial charge in [0.25, 0.3) is 0 Å². The standard InChI is InChI=1S/C13H17BrClNO/c14-11-6-9(4-5-12(11)15)7-16-13-3-1-2-10(13)8-17/h4-6,10,13,16-17H,1-3,7-8H2. The van der Waals surface area contributed by atoms with Crippen molar-refractivity contribution in [3.8, 4) is 0 Å².